The Morgan fingerprint density at radius 1 is 1.26 bits per heavy atom. The number of carbonyl (C=O) groups excluding carboxylic acids is 2. The molecule has 0 N–H and O–H groups in total. The highest BCUT2D eigenvalue weighted by Gasteiger charge is 2.53. The summed E-state index contributed by atoms with van der Waals surface area (Å²) in [5.74, 6) is 0.229. The second kappa shape index (κ2) is 6.49. The van der Waals surface area contributed by atoms with E-state index in [-0.39, 0.29) is 17.2 Å². The molecule has 1 aromatic rings. The van der Waals surface area contributed by atoms with E-state index >= 15 is 0 Å². The van der Waals surface area contributed by atoms with Crippen LogP contribution in [-0.2, 0) is 9.53 Å². The number of ether oxygens (including phenoxy) is 1. The number of hydrogen-bond acceptors (Lipinski definition) is 3. The second-order valence-electron chi connectivity index (χ2n) is 6.30. The molecule has 0 unspecified atom stereocenters. The summed E-state index contributed by atoms with van der Waals surface area (Å²) < 4.78 is 5.02. The van der Waals surface area contributed by atoms with Gasteiger partial charge in [0.15, 0.2) is 0 Å². The maximum Gasteiger partial charge on any atom is 0.253 e. The van der Waals surface area contributed by atoms with E-state index in [1.54, 1.807) is 31.4 Å². The molecular weight excluding hydrogens is 316 g/mol. The van der Waals surface area contributed by atoms with Crippen molar-refractivity contribution in [3.63, 3.8) is 0 Å². The fourth-order valence-electron chi connectivity index (χ4n) is 3.42. The van der Waals surface area contributed by atoms with Gasteiger partial charge in [0.2, 0.25) is 5.91 Å². The number of benzene rings is 1. The van der Waals surface area contributed by atoms with E-state index in [1.807, 2.05) is 9.80 Å². The smallest absolute Gasteiger partial charge is 0.253 e. The van der Waals surface area contributed by atoms with Crippen LogP contribution in [0.1, 0.15) is 23.2 Å². The van der Waals surface area contributed by atoms with E-state index in [2.05, 4.69) is 0 Å². The Bertz CT molecular complexity index is 594. The Labute approximate surface area is 141 Å². The predicted octanol–water partition coefficient (Wildman–Crippen LogP) is 2.05. The van der Waals surface area contributed by atoms with Gasteiger partial charge in [0, 0.05) is 43.9 Å². The van der Waals surface area contributed by atoms with Crippen LogP contribution in [-0.4, -0.2) is 61.5 Å². The first-order valence-electron chi connectivity index (χ1n) is 7.89. The van der Waals surface area contributed by atoms with Gasteiger partial charge < -0.3 is 14.5 Å². The first-order valence-corrected chi connectivity index (χ1v) is 8.27. The van der Waals surface area contributed by atoms with E-state index in [0.717, 1.165) is 19.4 Å². The molecule has 23 heavy (non-hydrogen) atoms. The molecule has 2 aliphatic rings. The molecule has 2 saturated heterocycles. The van der Waals surface area contributed by atoms with Crippen molar-refractivity contribution < 1.29 is 14.3 Å². The summed E-state index contributed by atoms with van der Waals surface area (Å²) in [5, 5.41) is 0.621. The van der Waals surface area contributed by atoms with Gasteiger partial charge in [-0.15, -0.1) is 0 Å². The molecule has 0 atom stereocenters. The molecule has 0 aliphatic carbocycles. The number of nitrogens with zero attached hydrogens (tertiary/aromatic N) is 2. The zero-order chi connectivity index (χ0) is 16.4. The number of piperidine rings is 1. The maximum absolute atomic E-state index is 12.5. The van der Waals surface area contributed by atoms with Crippen LogP contribution in [0, 0.1) is 5.41 Å². The largest absolute Gasteiger partial charge is 0.383 e. The van der Waals surface area contributed by atoms with E-state index in [1.165, 1.54) is 0 Å². The number of carbonyl (C=O) groups is 2. The molecule has 0 aromatic heterocycles. The number of rotatable bonds is 4. The number of halogens is 1. The topological polar surface area (TPSA) is 49.9 Å². The van der Waals surface area contributed by atoms with Gasteiger partial charge in [-0.2, -0.15) is 0 Å². The molecule has 6 heteroatoms. The van der Waals surface area contributed by atoms with Gasteiger partial charge in [0.25, 0.3) is 5.91 Å². The number of amides is 2. The number of likely N-dealkylation sites (tertiary alicyclic amines) is 2. The molecule has 2 aliphatic heterocycles. The Hall–Kier alpha value is -1.59. The fraction of sp³-hybridized carbons (Fsp3) is 0.529. The van der Waals surface area contributed by atoms with Gasteiger partial charge in [0.1, 0.15) is 0 Å². The van der Waals surface area contributed by atoms with Crippen molar-refractivity contribution >= 4 is 23.4 Å². The average Bonchev–Trinajstić information content (AvgIpc) is 2.59. The molecule has 2 fully saturated rings. The lowest BCUT2D eigenvalue weighted by atomic mass is 9.71. The molecule has 0 radical (unpaired) electrons. The summed E-state index contributed by atoms with van der Waals surface area (Å²) in [6, 6.07) is 6.94. The van der Waals surface area contributed by atoms with E-state index in [4.69, 9.17) is 16.3 Å². The SMILES string of the molecule is COCCN1CC2(CCN(C(=O)c3ccc(Cl)cc3)CC2)C1=O. The average molecular weight is 337 g/mol. The van der Waals surface area contributed by atoms with Crippen LogP contribution >= 0.6 is 11.6 Å². The Morgan fingerprint density at radius 2 is 1.91 bits per heavy atom. The highest BCUT2D eigenvalue weighted by Crippen LogP contribution is 2.41. The zero-order valence-corrected chi connectivity index (χ0v) is 14.0. The monoisotopic (exact) mass is 336 g/mol. The van der Waals surface area contributed by atoms with Crippen molar-refractivity contribution in [3.05, 3.63) is 34.9 Å². The molecule has 3 rings (SSSR count). The summed E-state index contributed by atoms with van der Waals surface area (Å²) in [5.41, 5.74) is 0.400. The van der Waals surface area contributed by atoms with Gasteiger partial charge in [0.05, 0.1) is 12.0 Å². The van der Waals surface area contributed by atoms with Crippen molar-refractivity contribution in [1.29, 1.82) is 0 Å². The molecule has 0 bridgehead atoms. The summed E-state index contributed by atoms with van der Waals surface area (Å²) in [4.78, 5) is 28.5. The zero-order valence-electron chi connectivity index (χ0n) is 13.3. The predicted molar refractivity (Wildman–Crippen MR) is 87.5 cm³/mol. The minimum Gasteiger partial charge on any atom is -0.383 e. The molecule has 124 valence electrons. The van der Waals surface area contributed by atoms with E-state index in [9.17, 15) is 9.59 Å². The van der Waals surface area contributed by atoms with Crippen LogP contribution in [0.5, 0.6) is 0 Å². The lowest BCUT2D eigenvalue weighted by Crippen LogP contribution is -2.65. The number of methoxy groups -OCH3 is 1. The molecular formula is C17H21ClN2O3. The van der Waals surface area contributed by atoms with Gasteiger partial charge in [-0.3, -0.25) is 9.59 Å². The quantitative estimate of drug-likeness (QED) is 0.791. The molecule has 2 heterocycles. The Morgan fingerprint density at radius 3 is 2.48 bits per heavy atom. The van der Waals surface area contributed by atoms with Crippen LogP contribution in [0.4, 0.5) is 0 Å². The van der Waals surface area contributed by atoms with Gasteiger partial charge in [-0.25, -0.2) is 0 Å². The lowest BCUT2D eigenvalue weighted by molar-refractivity contribution is -0.165. The maximum atomic E-state index is 12.5. The van der Waals surface area contributed by atoms with E-state index < -0.39 is 0 Å². The standard InChI is InChI=1S/C17H21ClN2O3/c1-23-11-10-20-12-17(16(20)22)6-8-19(9-7-17)15(21)13-2-4-14(18)5-3-13/h2-5H,6-12H2,1H3. The molecule has 0 saturated carbocycles. The molecule has 5 nitrogen and oxygen atoms in total. The normalized spacial score (nSPS) is 19.8. The minimum atomic E-state index is -0.246. The first-order chi connectivity index (χ1) is 11.1. The van der Waals surface area contributed by atoms with Crippen molar-refractivity contribution in [2.24, 2.45) is 5.41 Å². The Balaban J connectivity index is 1.56. The number of β-lactam (4-membered cyclic amide) rings is 1. The summed E-state index contributed by atoms with van der Waals surface area (Å²) in [6.45, 7) is 3.28. The van der Waals surface area contributed by atoms with Crippen LogP contribution in [0.2, 0.25) is 5.02 Å². The van der Waals surface area contributed by atoms with Crippen molar-refractivity contribution in [2.75, 3.05) is 39.9 Å². The lowest BCUT2D eigenvalue weighted by Gasteiger charge is -2.52. The highest BCUT2D eigenvalue weighted by atomic mass is 35.5. The van der Waals surface area contributed by atoms with Crippen LogP contribution in [0.15, 0.2) is 24.3 Å². The van der Waals surface area contributed by atoms with Crippen LogP contribution < -0.4 is 0 Å². The van der Waals surface area contributed by atoms with Gasteiger partial charge >= 0.3 is 0 Å². The highest BCUT2D eigenvalue weighted by molar-refractivity contribution is 6.30. The van der Waals surface area contributed by atoms with E-state index in [0.29, 0.717) is 36.8 Å². The molecule has 1 spiro atoms. The third-order valence-electron chi connectivity index (χ3n) is 4.90. The van der Waals surface area contributed by atoms with Gasteiger partial charge in [-0.1, -0.05) is 11.6 Å². The second-order valence-corrected chi connectivity index (χ2v) is 6.74. The minimum absolute atomic E-state index is 0.0135. The van der Waals surface area contributed by atoms with Crippen LogP contribution in [0.25, 0.3) is 0 Å². The van der Waals surface area contributed by atoms with Crippen molar-refractivity contribution in [1.82, 2.24) is 9.80 Å². The third-order valence-corrected chi connectivity index (χ3v) is 5.15. The Kier molecular flexibility index (Phi) is 4.60. The molecule has 1 aromatic carbocycles. The summed E-state index contributed by atoms with van der Waals surface area (Å²) in [7, 11) is 1.64. The molecule has 2 amide bonds. The summed E-state index contributed by atoms with van der Waals surface area (Å²) >= 11 is 5.86. The third kappa shape index (κ3) is 3.08. The fourth-order valence-corrected chi connectivity index (χ4v) is 3.54. The van der Waals surface area contributed by atoms with Gasteiger partial charge in [-0.05, 0) is 37.1 Å². The number of hydrogen-bond donors (Lipinski definition) is 0. The first kappa shape index (κ1) is 16.3. The van der Waals surface area contributed by atoms with Crippen LogP contribution in [0.3, 0.4) is 0 Å². The summed E-state index contributed by atoms with van der Waals surface area (Å²) in [6.07, 6.45) is 1.49. The van der Waals surface area contributed by atoms with Crippen molar-refractivity contribution in [3.8, 4) is 0 Å². The van der Waals surface area contributed by atoms with Crippen molar-refractivity contribution in [2.45, 2.75) is 12.8 Å².